The fourth-order valence-electron chi connectivity index (χ4n) is 4.58. The summed E-state index contributed by atoms with van der Waals surface area (Å²) in [5.74, 6) is 0.209. The Labute approximate surface area is 152 Å². The first kappa shape index (κ1) is 17.3. The fraction of sp³-hybridized carbons (Fsp3) is 0.632. The molecule has 2 aromatic heterocycles. The van der Waals surface area contributed by atoms with Gasteiger partial charge in [-0.2, -0.15) is 0 Å². The van der Waals surface area contributed by atoms with Gasteiger partial charge in [0, 0.05) is 44.3 Å². The number of nitrogens with zero attached hydrogens (tertiary/aromatic N) is 3. The molecule has 26 heavy (non-hydrogen) atoms. The van der Waals surface area contributed by atoms with E-state index in [1.54, 1.807) is 11.7 Å². The highest BCUT2D eigenvalue weighted by molar-refractivity contribution is 5.81. The second-order valence-corrected chi connectivity index (χ2v) is 7.77. The number of carbonyl (C=O) groups excluding carboxylic acids is 1. The molecule has 4 rings (SSSR count). The topological polar surface area (TPSA) is 83.0 Å². The molecule has 2 bridgehead atoms. The molecule has 2 unspecified atom stereocenters. The Bertz CT molecular complexity index is 913. The Morgan fingerprint density at radius 3 is 2.81 bits per heavy atom. The van der Waals surface area contributed by atoms with Crippen LogP contribution < -0.4 is 10.9 Å². The number of likely N-dealkylation sites (tertiary alicyclic amines) is 1. The first-order valence-corrected chi connectivity index (χ1v) is 9.52. The minimum absolute atomic E-state index is 0.116. The number of H-pyrrole nitrogens is 1. The summed E-state index contributed by atoms with van der Waals surface area (Å²) in [6.45, 7) is 5.59. The normalized spacial score (nSPS) is 22.8. The van der Waals surface area contributed by atoms with Gasteiger partial charge in [-0.05, 0) is 50.7 Å². The molecule has 2 saturated heterocycles. The molecule has 0 spiro atoms. The van der Waals surface area contributed by atoms with Crippen molar-refractivity contribution in [3.05, 3.63) is 27.2 Å². The quantitative estimate of drug-likeness (QED) is 0.864. The van der Waals surface area contributed by atoms with Crippen molar-refractivity contribution in [3.63, 3.8) is 0 Å². The lowest BCUT2D eigenvalue weighted by Gasteiger charge is -2.24. The first-order valence-electron chi connectivity index (χ1n) is 9.52. The highest BCUT2D eigenvalue weighted by Crippen LogP contribution is 2.23. The van der Waals surface area contributed by atoms with E-state index in [0.29, 0.717) is 36.0 Å². The number of rotatable bonds is 3. The third-order valence-electron chi connectivity index (χ3n) is 6.04. The van der Waals surface area contributed by atoms with Crippen LogP contribution in [0.2, 0.25) is 0 Å². The van der Waals surface area contributed by atoms with Gasteiger partial charge in [-0.25, -0.2) is 4.98 Å². The first-order chi connectivity index (χ1) is 12.4. The predicted octanol–water partition coefficient (Wildman–Crippen LogP) is 1.16. The van der Waals surface area contributed by atoms with E-state index in [1.165, 1.54) is 12.8 Å². The number of carbonyl (C=O) groups is 1. The summed E-state index contributed by atoms with van der Waals surface area (Å²) in [4.78, 5) is 31.6. The van der Waals surface area contributed by atoms with Gasteiger partial charge in [-0.3, -0.25) is 19.4 Å². The van der Waals surface area contributed by atoms with Crippen LogP contribution in [0, 0.1) is 13.8 Å². The van der Waals surface area contributed by atoms with Gasteiger partial charge in [0.1, 0.15) is 0 Å². The zero-order valence-electron chi connectivity index (χ0n) is 15.8. The van der Waals surface area contributed by atoms with Crippen LogP contribution in [-0.4, -0.2) is 50.7 Å². The molecule has 2 N–H and O–H groups in total. The van der Waals surface area contributed by atoms with Gasteiger partial charge in [0.25, 0.3) is 5.56 Å². The molecular formula is C19H27N5O2. The number of aryl methyl sites for hydroxylation is 3. The van der Waals surface area contributed by atoms with Gasteiger partial charge in [-0.15, -0.1) is 0 Å². The number of amides is 1. The number of hydrogen-bond donors (Lipinski definition) is 2. The van der Waals surface area contributed by atoms with Crippen molar-refractivity contribution in [2.45, 2.75) is 58.0 Å². The van der Waals surface area contributed by atoms with Crippen LogP contribution in [-0.2, 0) is 18.3 Å². The van der Waals surface area contributed by atoms with Crippen LogP contribution in [0.15, 0.2) is 4.79 Å². The van der Waals surface area contributed by atoms with Gasteiger partial charge in [0.15, 0.2) is 5.65 Å². The number of nitrogens with one attached hydrogen (secondary N) is 2. The Hall–Kier alpha value is -2.15. The lowest BCUT2D eigenvalue weighted by atomic mass is 9.99. The molecule has 0 aromatic carbocycles. The van der Waals surface area contributed by atoms with Crippen molar-refractivity contribution in [1.29, 1.82) is 0 Å². The van der Waals surface area contributed by atoms with Crippen LogP contribution in [0.5, 0.6) is 0 Å². The second kappa shape index (κ2) is 6.54. The molecule has 0 radical (unpaired) electrons. The third kappa shape index (κ3) is 2.94. The Morgan fingerprint density at radius 2 is 2.00 bits per heavy atom. The minimum atomic E-state index is -0.116. The predicted molar refractivity (Wildman–Crippen MR) is 100 cm³/mol. The van der Waals surface area contributed by atoms with Crippen molar-refractivity contribution in [2.24, 2.45) is 7.05 Å². The number of hydrogen-bond acceptors (Lipinski definition) is 4. The maximum absolute atomic E-state index is 12.8. The van der Waals surface area contributed by atoms with Crippen molar-refractivity contribution in [2.75, 3.05) is 13.1 Å². The molecule has 2 aromatic rings. The van der Waals surface area contributed by atoms with E-state index in [4.69, 9.17) is 0 Å². The zero-order valence-corrected chi connectivity index (χ0v) is 15.8. The second-order valence-electron chi connectivity index (χ2n) is 7.77. The summed E-state index contributed by atoms with van der Waals surface area (Å²) in [7, 11) is 1.79. The monoisotopic (exact) mass is 357 g/mol. The average molecular weight is 357 g/mol. The van der Waals surface area contributed by atoms with Gasteiger partial charge in [0.05, 0.1) is 5.39 Å². The molecule has 0 saturated carbocycles. The van der Waals surface area contributed by atoms with Crippen molar-refractivity contribution in [1.82, 2.24) is 25.0 Å². The Kier molecular flexibility index (Phi) is 4.34. The molecule has 4 heterocycles. The van der Waals surface area contributed by atoms with E-state index in [1.807, 2.05) is 18.7 Å². The minimum Gasteiger partial charge on any atom is -0.341 e. The summed E-state index contributed by atoms with van der Waals surface area (Å²) in [5.41, 5.74) is 3.43. The highest BCUT2D eigenvalue weighted by atomic mass is 16.2. The molecule has 0 aliphatic carbocycles. The Balaban J connectivity index is 1.51. The lowest BCUT2D eigenvalue weighted by Crippen LogP contribution is -2.39. The van der Waals surface area contributed by atoms with E-state index in [2.05, 4.69) is 15.4 Å². The van der Waals surface area contributed by atoms with Gasteiger partial charge < -0.3 is 10.2 Å². The third-order valence-corrected chi connectivity index (χ3v) is 6.04. The molecule has 7 nitrogen and oxygen atoms in total. The summed E-state index contributed by atoms with van der Waals surface area (Å²) in [6, 6.07) is 1.04. The summed E-state index contributed by atoms with van der Waals surface area (Å²) in [5, 5.41) is 7.02. The SMILES string of the molecule is Cc1nc2c(c(C)c1CCC(=O)N1CCC3CCC(C1)N3)c(=O)[nH]n2C. The maximum Gasteiger partial charge on any atom is 0.273 e. The lowest BCUT2D eigenvalue weighted by molar-refractivity contribution is -0.131. The van der Waals surface area contributed by atoms with E-state index in [9.17, 15) is 9.59 Å². The average Bonchev–Trinajstić information content (AvgIpc) is 3.05. The van der Waals surface area contributed by atoms with Crippen LogP contribution >= 0.6 is 0 Å². The Morgan fingerprint density at radius 1 is 1.23 bits per heavy atom. The van der Waals surface area contributed by atoms with Crippen LogP contribution in [0.4, 0.5) is 0 Å². The van der Waals surface area contributed by atoms with Gasteiger partial charge >= 0.3 is 0 Å². The number of pyridine rings is 1. The molecule has 140 valence electrons. The summed E-state index contributed by atoms with van der Waals surface area (Å²) >= 11 is 0. The maximum atomic E-state index is 12.8. The zero-order chi connectivity index (χ0) is 18.4. The molecule has 2 aliphatic rings. The van der Waals surface area contributed by atoms with E-state index in [-0.39, 0.29) is 11.5 Å². The fourth-order valence-corrected chi connectivity index (χ4v) is 4.58. The standard InChI is InChI=1S/C19H27N5O2/c1-11-15(12(2)20-18-17(11)19(26)22-23(18)3)6-7-16(25)24-9-8-13-4-5-14(10-24)21-13/h13-14,21H,4-10H2,1-3H3,(H,22,26). The smallest absolute Gasteiger partial charge is 0.273 e. The van der Waals surface area contributed by atoms with E-state index < -0.39 is 0 Å². The summed E-state index contributed by atoms with van der Waals surface area (Å²) in [6.07, 6.45) is 4.56. The largest absolute Gasteiger partial charge is 0.341 e. The number of aromatic amines is 1. The van der Waals surface area contributed by atoms with Gasteiger partial charge in [0.2, 0.25) is 5.91 Å². The van der Waals surface area contributed by atoms with E-state index in [0.717, 1.165) is 36.3 Å². The van der Waals surface area contributed by atoms with Crippen molar-refractivity contribution >= 4 is 16.9 Å². The highest BCUT2D eigenvalue weighted by Gasteiger charge is 2.31. The van der Waals surface area contributed by atoms with Gasteiger partial charge in [-0.1, -0.05) is 0 Å². The van der Waals surface area contributed by atoms with Crippen LogP contribution in [0.25, 0.3) is 11.0 Å². The van der Waals surface area contributed by atoms with E-state index >= 15 is 0 Å². The molecule has 1 amide bonds. The molecule has 2 atom stereocenters. The number of fused-ring (bicyclic) bond motifs is 3. The molecule has 7 heteroatoms. The molecular weight excluding hydrogens is 330 g/mol. The van der Waals surface area contributed by atoms with Crippen molar-refractivity contribution < 1.29 is 4.79 Å². The van der Waals surface area contributed by atoms with Crippen LogP contribution in [0.1, 0.15) is 42.5 Å². The number of aromatic nitrogens is 3. The molecule has 2 fully saturated rings. The van der Waals surface area contributed by atoms with Crippen LogP contribution in [0.3, 0.4) is 0 Å². The molecule has 2 aliphatic heterocycles. The van der Waals surface area contributed by atoms with Crippen molar-refractivity contribution in [3.8, 4) is 0 Å². The summed E-state index contributed by atoms with van der Waals surface area (Å²) < 4.78 is 1.66.